The zero-order chi connectivity index (χ0) is 24.5. The second-order valence-corrected chi connectivity index (χ2v) is 8.31. The van der Waals surface area contributed by atoms with Crippen LogP contribution >= 0.6 is 0 Å². The van der Waals surface area contributed by atoms with Crippen LogP contribution in [0.2, 0.25) is 0 Å². The number of fused-ring (bicyclic) bond motifs is 1. The maximum absolute atomic E-state index is 13.3. The van der Waals surface area contributed by atoms with Crippen molar-refractivity contribution in [1.29, 1.82) is 0 Å². The molecule has 0 N–H and O–H groups in total. The second kappa shape index (κ2) is 9.07. The zero-order valence-electron chi connectivity index (χ0n) is 18.9. The van der Waals surface area contributed by atoms with Gasteiger partial charge in [-0.05, 0) is 95.1 Å². The molecule has 172 valence electrons. The van der Waals surface area contributed by atoms with Gasteiger partial charge in [-0.2, -0.15) is 0 Å². The Balaban J connectivity index is 1.36. The van der Waals surface area contributed by atoms with Crippen LogP contribution in [0.15, 0.2) is 109 Å². The van der Waals surface area contributed by atoms with Gasteiger partial charge < -0.3 is 0 Å². The quantitative estimate of drug-likeness (QED) is 0.269. The molecule has 0 aliphatic rings. The fourth-order valence-electron chi connectivity index (χ4n) is 4.07. The second-order valence-electron chi connectivity index (χ2n) is 8.31. The molecule has 0 unspecified atom stereocenters. The summed E-state index contributed by atoms with van der Waals surface area (Å²) in [6.07, 6.45) is 3.43. The molecule has 0 bridgehead atoms. The average Bonchev–Trinajstić information content (AvgIpc) is 2.93. The molecular formula is C30H18F2N4. The van der Waals surface area contributed by atoms with Gasteiger partial charge in [0, 0.05) is 17.8 Å². The van der Waals surface area contributed by atoms with Gasteiger partial charge in [0.15, 0.2) is 5.65 Å². The van der Waals surface area contributed by atoms with E-state index in [1.165, 1.54) is 24.3 Å². The first-order chi connectivity index (χ1) is 17.6. The maximum Gasteiger partial charge on any atom is 0.160 e. The third-order valence-corrected chi connectivity index (χ3v) is 5.95. The molecule has 0 spiro atoms. The molecule has 6 rings (SSSR count). The van der Waals surface area contributed by atoms with E-state index < -0.39 is 0 Å². The van der Waals surface area contributed by atoms with Gasteiger partial charge in [0.1, 0.15) is 11.6 Å². The lowest BCUT2D eigenvalue weighted by molar-refractivity contribution is 0.627. The van der Waals surface area contributed by atoms with Crippen molar-refractivity contribution in [3.63, 3.8) is 0 Å². The largest absolute Gasteiger partial charge is 0.255 e. The van der Waals surface area contributed by atoms with Gasteiger partial charge in [0.25, 0.3) is 0 Å². The van der Waals surface area contributed by atoms with Crippen LogP contribution in [0.1, 0.15) is 0 Å². The lowest BCUT2D eigenvalue weighted by Gasteiger charge is -2.08. The van der Waals surface area contributed by atoms with Crippen LogP contribution in [0, 0.1) is 11.6 Å². The fourth-order valence-corrected chi connectivity index (χ4v) is 4.07. The van der Waals surface area contributed by atoms with Crippen molar-refractivity contribution in [2.75, 3.05) is 0 Å². The fraction of sp³-hybridized carbons (Fsp3) is 0. The predicted molar refractivity (Wildman–Crippen MR) is 137 cm³/mol. The third-order valence-electron chi connectivity index (χ3n) is 5.95. The third kappa shape index (κ3) is 4.32. The number of aromatic nitrogens is 4. The average molecular weight is 472 g/mol. The van der Waals surface area contributed by atoms with Crippen LogP contribution in [0.5, 0.6) is 0 Å². The standard InChI is InChI=1S/C30H18F2N4/c31-24-7-1-19(2-8-24)22-13-15-33-28(17-22)26-11-5-21-6-12-27(36-30(21)35-26)29-18-23(14-16-34-29)20-3-9-25(32)10-4-20/h1-18H. The van der Waals surface area contributed by atoms with E-state index in [9.17, 15) is 8.78 Å². The Morgan fingerprint density at radius 1 is 0.417 bits per heavy atom. The van der Waals surface area contributed by atoms with E-state index in [0.717, 1.165) is 27.6 Å². The summed E-state index contributed by atoms with van der Waals surface area (Å²) in [6.45, 7) is 0. The van der Waals surface area contributed by atoms with Crippen molar-refractivity contribution in [3.8, 4) is 45.0 Å². The lowest BCUT2D eigenvalue weighted by Crippen LogP contribution is -1.94. The van der Waals surface area contributed by atoms with E-state index in [1.54, 1.807) is 36.7 Å². The molecule has 4 nitrogen and oxygen atoms in total. The highest BCUT2D eigenvalue weighted by atomic mass is 19.1. The Hall–Kier alpha value is -4.84. The number of rotatable bonds is 4. The van der Waals surface area contributed by atoms with Crippen LogP contribution in [-0.2, 0) is 0 Å². The van der Waals surface area contributed by atoms with Crippen molar-refractivity contribution in [3.05, 3.63) is 121 Å². The minimum Gasteiger partial charge on any atom is -0.255 e. The van der Waals surface area contributed by atoms with E-state index in [2.05, 4.69) is 9.97 Å². The Kier molecular flexibility index (Phi) is 5.46. The normalized spacial score (nSPS) is 11.1. The van der Waals surface area contributed by atoms with Gasteiger partial charge in [0.2, 0.25) is 0 Å². The minimum absolute atomic E-state index is 0.274. The highest BCUT2D eigenvalue weighted by molar-refractivity contribution is 5.81. The van der Waals surface area contributed by atoms with E-state index >= 15 is 0 Å². The van der Waals surface area contributed by atoms with E-state index in [4.69, 9.17) is 9.97 Å². The molecule has 0 fully saturated rings. The molecule has 0 atom stereocenters. The van der Waals surface area contributed by atoms with Gasteiger partial charge in [-0.25, -0.2) is 18.7 Å². The molecule has 0 saturated heterocycles. The maximum atomic E-state index is 13.3. The molecule has 2 aromatic carbocycles. The van der Waals surface area contributed by atoms with Crippen LogP contribution in [0.3, 0.4) is 0 Å². The first-order valence-corrected chi connectivity index (χ1v) is 11.3. The van der Waals surface area contributed by atoms with E-state index in [0.29, 0.717) is 28.4 Å². The molecule has 0 aliphatic carbocycles. The molecule has 0 radical (unpaired) electrons. The van der Waals surface area contributed by atoms with Gasteiger partial charge >= 0.3 is 0 Å². The minimum atomic E-state index is -0.274. The summed E-state index contributed by atoms with van der Waals surface area (Å²) in [5, 5.41) is 0.895. The van der Waals surface area contributed by atoms with E-state index in [-0.39, 0.29) is 11.6 Å². The molecule has 0 aliphatic heterocycles. The Morgan fingerprint density at radius 3 is 1.31 bits per heavy atom. The van der Waals surface area contributed by atoms with Crippen molar-refractivity contribution in [2.24, 2.45) is 0 Å². The van der Waals surface area contributed by atoms with E-state index in [1.807, 2.05) is 48.5 Å². The number of hydrogen-bond donors (Lipinski definition) is 0. The van der Waals surface area contributed by atoms with Crippen molar-refractivity contribution in [2.45, 2.75) is 0 Å². The van der Waals surface area contributed by atoms with Crippen molar-refractivity contribution < 1.29 is 8.78 Å². The molecule has 0 amide bonds. The highest BCUT2D eigenvalue weighted by Crippen LogP contribution is 2.27. The SMILES string of the molecule is Fc1ccc(-c2ccnc(-c3ccc4ccc(-c5cc(-c6ccc(F)cc6)ccn5)nc4n3)c2)cc1. The van der Waals surface area contributed by atoms with Crippen LogP contribution in [0.4, 0.5) is 8.78 Å². The van der Waals surface area contributed by atoms with Crippen LogP contribution < -0.4 is 0 Å². The smallest absolute Gasteiger partial charge is 0.160 e. The highest BCUT2D eigenvalue weighted by Gasteiger charge is 2.10. The Bertz CT molecular complexity index is 1570. The summed E-state index contributed by atoms with van der Waals surface area (Å²) in [6, 6.07) is 28.1. The molecule has 4 aromatic heterocycles. The van der Waals surface area contributed by atoms with Gasteiger partial charge in [-0.15, -0.1) is 0 Å². The molecule has 0 saturated carbocycles. The molecule has 6 aromatic rings. The summed E-state index contributed by atoms with van der Waals surface area (Å²) >= 11 is 0. The first kappa shape index (κ1) is 21.7. The van der Waals surface area contributed by atoms with Gasteiger partial charge in [-0.1, -0.05) is 24.3 Å². The number of hydrogen-bond acceptors (Lipinski definition) is 4. The molecule has 4 heterocycles. The number of nitrogens with zero attached hydrogens (tertiary/aromatic N) is 4. The van der Waals surface area contributed by atoms with Crippen LogP contribution in [-0.4, -0.2) is 19.9 Å². The summed E-state index contributed by atoms with van der Waals surface area (Å²) in [5.74, 6) is -0.549. The first-order valence-electron chi connectivity index (χ1n) is 11.3. The Morgan fingerprint density at radius 2 is 0.861 bits per heavy atom. The summed E-state index contributed by atoms with van der Waals surface area (Å²) in [7, 11) is 0. The van der Waals surface area contributed by atoms with Crippen LogP contribution in [0.25, 0.3) is 56.1 Å². The number of pyridine rings is 4. The van der Waals surface area contributed by atoms with Crippen molar-refractivity contribution in [1.82, 2.24) is 19.9 Å². The zero-order valence-corrected chi connectivity index (χ0v) is 18.9. The molecule has 6 heteroatoms. The van der Waals surface area contributed by atoms with Crippen molar-refractivity contribution >= 4 is 11.0 Å². The van der Waals surface area contributed by atoms with Gasteiger partial charge in [-0.3, -0.25) is 9.97 Å². The monoisotopic (exact) mass is 472 g/mol. The number of halogens is 2. The lowest BCUT2D eigenvalue weighted by atomic mass is 10.0. The predicted octanol–water partition coefficient (Wildman–Crippen LogP) is 7.37. The summed E-state index contributed by atoms with van der Waals surface area (Å²) in [4.78, 5) is 18.5. The molecule has 36 heavy (non-hydrogen) atoms. The molecular weight excluding hydrogens is 454 g/mol. The summed E-state index contributed by atoms with van der Waals surface area (Å²) in [5.41, 5.74) is 6.98. The topological polar surface area (TPSA) is 51.6 Å². The Labute approximate surface area is 206 Å². The van der Waals surface area contributed by atoms with Gasteiger partial charge in [0.05, 0.1) is 22.8 Å². The summed E-state index contributed by atoms with van der Waals surface area (Å²) < 4.78 is 26.7. The number of benzene rings is 2.